The van der Waals surface area contributed by atoms with Crippen LogP contribution < -0.4 is 4.74 Å². The summed E-state index contributed by atoms with van der Waals surface area (Å²) in [6, 6.07) is 14.5. The van der Waals surface area contributed by atoms with E-state index < -0.39 is 17.4 Å². The fraction of sp³-hybridized carbons (Fsp3) is 0.304. The second kappa shape index (κ2) is 7.78. The van der Waals surface area contributed by atoms with Gasteiger partial charge in [-0.2, -0.15) is 0 Å². The quantitative estimate of drug-likeness (QED) is 0.450. The van der Waals surface area contributed by atoms with Crippen molar-refractivity contribution >= 4 is 18.0 Å². The molecule has 2 aromatic carbocycles. The number of ether oxygens (including phenoxy) is 1. The van der Waals surface area contributed by atoms with Crippen molar-refractivity contribution in [1.29, 1.82) is 0 Å². The summed E-state index contributed by atoms with van der Waals surface area (Å²) in [6.07, 6.45) is 1.74. The van der Waals surface area contributed by atoms with Crippen molar-refractivity contribution in [2.45, 2.75) is 39.5 Å². The van der Waals surface area contributed by atoms with Gasteiger partial charge in [-0.3, -0.25) is 9.59 Å². The molecule has 1 unspecified atom stereocenters. The van der Waals surface area contributed by atoms with Crippen LogP contribution in [0.25, 0.3) is 6.08 Å². The van der Waals surface area contributed by atoms with Crippen molar-refractivity contribution in [1.82, 2.24) is 0 Å². The third-order valence-corrected chi connectivity index (χ3v) is 4.59. The molecule has 27 heavy (non-hydrogen) atoms. The second-order valence-electron chi connectivity index (χ2n) is 7.90. The van der Waals surface area contributed by atoms with Gasteiger partial charge in [-0.15, -0.1) is 0 Å². The summed E-state index contributed by atoms with van der Waals surface area (Å²) >= 11 is 0. The maximum atomic E-state index is 12.9. The zero-order valence-electron chi connectivity index (χ0n) is 16.3. The highest BCUT2D eigenvalue weighted by Crippen LogP contribution is 2.33. The van der Waals surface area contributed by atoms with Crippen LogP contribution >= 0.6 is 0 Å². The third kappa shape index (κ3) is 4.64. The highest BCUT2D eigenvalue weighted by Gasteiger charge is 2.44. The van der Waals surface area contributed by atoms with E-state index in [0.29, 0.717) is 5.75 Å². The van der Waals surface area contributed by atoms with Gasteiger partial charge in [0.1, 0.15) is 5.75 Å². The average molecular weight is 366 g/mol. The zero-order valence-corrected chi connectivity index (χ0v) is 16.3. The van der Waals surface area contributed by atoms with Crippen molar-refractivity contribution in [3.63, 3.8) is 0 Å². The largest absolute Gasteiger partial charge is 0.480 e. The van der Waals surface area contributed by atoms with E-state index in [1.807, 2.05) is 45.0 Å². The Morgan fingerprint density at radius 2 is 1.63 bits per heavy atom. The first-order valence-electron chi connectivity index (χ1n) is 8.84. The fourth-order valence-electron chi connectivity index (χ4n) is 2.80. The van der Waals surface area contributed by atoms with Crippen LogP contribution in [0.5, 0.6) is 5.75 Å². The van der Waals surface area contributed by atoms with E-state index in [1.54, 1.807) is 30.3 Å². The molecule has 0 heterocycles. The van der Waals surface area contributed by atoms with Crippen molar-refractivity contribution in [3.8, 4) is 5.75 Å². The van der Waals surface area contributed by atoms with Gasteiger partial charge in [0.25, 0.3) is 0 Å². The molecule has 0 fully saturated rings. The molecule has 0 aliphatic heterocycles. The smallest absolute Gasteiger partial charge is 0.328 e. The van der Waals surface area contributed by atoms with E-state index in [-0.39, 0.29) is 11.8 Å². The minimum Gasteiger partial charge on any atom is -0.480 e. The minimum absolute atomic E-state index is 0.0380. The Morgan fingerprint density at radius 3 is 2.15 bits per heavy atom. The van der Waals surface area contributed by atoms with Gasteiger partial charge >= 0.3 is 11.9 Å². The Hall–Kier alpha value is -2.88. The first-order chi connectivity index (χ1) is 12.6. The van der Waals surface area contributed by atoms with Crippen LogP contribution in [0, 0.1) is 5.41 Å². The Bertz CT molecular complexity index is 843. The SMILES string of the molecule is C=Cc1ccc(CC(C)(C(=O)O)C(=O)Oc2ccccc2C(C)(C)C)cc1. The Morgan fingerprint density at radius 1 is 1.04 bits per heavy atom. The van der Waals surface area contributed by atoms with Crippen molar-refractivity contribution in [2.24, 2.45) is 5.41 Å². The van der Waals surface area contributed by atoms with Crippen molar-refractivity contribution in [2.75, 3.05) is 0 Å². The molecule has 0 bridgehead atoms. The van der Waals surface area contributed by atoms with Crippen molar-refractivity contribution < 1.29 is 19.4 Å². The molecule has 142 valence electrons. The number of carbonyl (C=O) groups is 2. The van der Waals surface area contributed by atoms with Crippen LogP contribution in [0.3, 0.4) is 0 Å². The normalized spacial score (nSPS) is 13.5. The Balaban J connectivity index is 2.32. The number of rotatable bonds is 6. The van der Waals surface area contributed by atoms with Gasteiger partial charge < -0.3 is 9.84 Å². The van der Waals surface area contributed by atoms with Crippen LogP contribution in [0.2, 0.25) is 0 Å². The summed E-state index contributed by atoms with van der Waals surface area (Å²) in [5.74, 6) is -1.60. The molecule has 1 N–H and O–H groups in total. The average Bonchev–Trinajstić information content (AvgIpc) is 2.61. The molecule has 2 rings (SSSR count). The van der Waals surface area contributed by atoms with E-state index >= 15 is 0 Å². The molecule has 0 spiro atoms. The third-order valence-electron chi connectivity index (χ3n) is 4.59. The van der Waals surface area contributed by atoms with Gasteiger partial charge in [0.05, 0.1) is 0 Å². The first kappa shape index (κ1) is 20.4. The van der Waals surface area contributed by atoms with Crippen LogP contribution in [-0.4, -0.2) is 17.0 Å². The molecule has 4 nitrogen and oxygen atoms in total. The van der Waals surface area contributed by atoms with Crippen molar-refractivity contribution in [3.05, 3.63) is 71.8 Å². The molecule has 0 radical (unpaired) electrons. The summed E-state index contributed by atoms with van der Waals surface area (Å²) < 4.78 is 5.58. The number of esters is 1. The summed E-state index contributed by atoms with van der Waals surface area (Å²) in [5.41, 5.74) is 0.586. The lowest BCUT2D eigenvalue weighted by Crippen LogP contribution is -2.41. The Kier molecular flexibility index (Phi) is 5.89. The maximum absolute atomic E-state index is 12.9. The zero-order chi connectivity index (χ0) is 20.2. The van der Waals surface area contributed by atoms with Gasteiger partial charge in [0, 0.05) is 5.56 Å². The van der Waals surface area contributed by atoms with Gasteiger partial charge in [0.15, 0.2) is 5.41 Å². The van der Waals surface area contributed by atoms with Crippen LogP contribution in [0.15, 0.2) is 55.1 Å². The topological polar surface area (TPSA) is 63.6 Å². The van der Waals surface area contributed by atoms with Crippen LogP contribution in [-0.2, 0) is 21.4 Å². The van der Waals surface area contributed by atoms with Gasteiger partial charge in [-0.25, -0.2) is 0 Å². The lowest BCUT2D eigenvalue weighted by Gasteiger charge is -2.26. The summed E-state index contributed by atoms with van der Waals surface area (Å²) in [7, 11) is 0. The lowest BCUT2D eigenvalue weighted by molar-refractivity contribution is -0.161. The number of aliphatic carboxylic acids is 1. The van der Waals surface area contributed by atoms with Crippen LogP contribution in [0.4, 0.5) is 0 Å². The molecular weight excluding hydrogens is 340 g/mol. The first-order valence-corrected chi connectivity index (χ1v) is 8.84. The molecule has 0 saturated carbocycles. The number of carboxylic acids is 1. The van der Waals surface area contributed by atoms with E-state index in [0.717, 1.165) is 16.7 Å². The van der Waals surface area contributed by atoms with Crippen LogP contribution in [0.1, 0.15) is 44.4 Å². The lowest BCUT2D eigenvalue weighted by atomic mass is 9.83. The Labute approximate surface area is 160 Å². The number of carbonyl (C=O) groups excluding carboxylic acids is 1. The maximum Gasteiger partial charge on any atom is 0.328 e. The molecule has 2 aromatic rings. The summed E-state index contributed by atoms with van der Waals surface area (Å²) in [6.45, 7) is 11.1. The molecule has 4 heteroatoms. The molecular formula is C23H26O4. The molecule has 0 amide bonds. The number of hydrogen-bond acceptors (Lipinski definition) is 3. The molecule has 0 aromatic heterocycles. The second-order valence-corrected chi connectivity index (χ2v) is 7.90. The number of hydrogen-bond donors (Lipinski definition) is 1. The predicted octanol–water partition coefficient (Wildman–Crippen LogP) is 4.87. The summed E-state index contributed by atoms with van der Waals surface area (Å²) in [4.78, 5) is 24.8. The molecule has 0 saturated heterocycles. The van der Waals surface area contributed by atoms with E-state index in [1.165, 1.54) is 6.92 Å². The fourth-order valence-corrected chi connectivity index (χ4v) is 2.80. The predicted molar refractivity (Wildman–Crippen MR) is 107 cm³/mol. The number of benzene rings is 2. The number of carboxylic acid groups (broad SMARTS) is 1. The molecule has 0 aliphatic carbocycles. The monoisotopic (exact) mass is 366 g/mol. The molecule has 1 atom stereocenters. The number of para-hydroxylation sites is 1. The van der Waals surface area contributed by atoms with Gasteiger partial charge in [-0.05, 0) is 36.0 Å². The molecule has 0 aliphatic rings. The van der Waals surface area contributed by atoms with E-state index in [2.05, 4.69) is 6.58 Å². The van der Waals surface area contributed by atoms with E-state index in [4.69, 9.17) is 4.74 Å². The summed E-state index contributed by atoms with van der Waals surface area (Å²) in [5, 5.41) is 9.76. The van der Waals surface area contributed by atoms with Gasteiger partial charge in [0.2, 0.25) is 0 Å². The highest BCUT2D eigenvalue weighted by molar-refractivity contribution is 6.00. The minimum atomic E-state index is -1.69. The standard InChI is InChI=1S/C23H26O4/c1-6-16-11-13-17(14-12-16)15-23(5,20(24)25)21(26)27-19-10-8-7-9-18(19)22(2,3)4/h6-14H,1,15H2,2-5H3,(H,24,25). The van der Waals surface area contributed by atoms with E-state index in [9.17, 15) is 14.7 Å². The highest BCUT2D eigenvalue weighted by atomic mass is 16.5. The van der Waals surface area contributed by atoms with Gasteiger partial charge in [-0.1, -0.05) is 75.9 Å².